The largest absolute Gasteiger partial charge is 0.384 e. The summed E-state index contributed by atoms with van der Waals surface area (Å²) in [5, 5.41) is 3.06. The van der Waals surface area contributed by atoms with Crippen molar-refractivity contribution in [2.75, 3.05) is 11.9 Å². The summed E-state index contributed by atoms with van der Waals surface area (Å²) < 4.78 is 27.5. The van der Waals surface area contributed by atoms with Crippen LogP contribution in [0.15, 0.2) is 47.5 Å². The molecule has 2 aromatic rings. The molecule has 0 aliphatic rings. The van der Waals surface area contributed by atoms with Gasteiger partial charge < -0.3 is 5.32 Å². The SMILES string of the molecule is CCNc1ccccc1S(=O)(=O)NCc1ncccc1C. The van der Waals surface area contributed by atoms with Crippen molar-refractivity contribution in [2.24, 2.45) is 0 Å². The van der Waals surface area contributed by atoms with E-state index in [0.717, 1.165) is 11.3 Å². The van der Waals surface area contributed by atoms with E-state index in [1.165, 1.54) is 0 Å². The minimum Gasteiger partial charge on any atom is -0.384 e. The van der Waals surface area contributed by atoms with Gasteiger partial charge in [-0.05, 0) is 37.6 Å². The summed E-state index contributed by atoms with van der Waals surface area (Å²) >= 11 is 0. The second kappa shape index (κ2) is 6.69. The predicted molar refractivity (Wildman–Crippen MR) is 83.6 cm³/mol. The maximum absolute atomic E-state index is 12.4. The van der Waals surface area contributed by atoms with Crippen LogP contribution in [0.4, 0.5) is 5.69 Å². The molecule has 1 aromatic heterocycles. The summed E-state index contributed by atoms with van der Waals surface area (Å²) in [5.41, 5.74) is 2.28. The second-order valence-electron chi connectivity index (χ2n) is 4.62. The summed E-state index contributed by atoms with van der Waals surface area (Å²) in [6.07, 6.45) is 1.66. The van der Waals surface area contributed by atoms with Crippen LogP contribution in [0.25, 0.3) is 0 Å². The van der Waals surface area contributed by atoms with Gasteiger partial charge in [0.1, 0.15) is 4.90 Å². The van der Waals surface area contributed by atoms with Crippen molar-refractivity contribution < 1.29 is 8.42 Å². The van der Waals surface area contributed by atoms with Crippen molar-refractivity contribution in [3.05, 3.63) is 53.9 Å². The molecule has 0 saturated carbocycles. The number of para-hydroxylation sites is 1. The van der Waals surface area contributed by atoms with Crippen LogP contribution >= 0.6 is 0 Å². The quantitative estimate of drug-likeness (QED) is 0.859. The topological polar surface area (TPSA) is 71.1 Å². The van der Waals surface area contributed by atoms with Gasteiger partial charge in [-0.15, -0.1) is 0 Å². The monoisotopic (exact) mass is 305 g/mol. The number of sulfonamides is 1. The molecular formula is C15H19N3O2S. The number of aryl methyl sites for hydroxylation is 1. The maximum atomic E-state index is 12.4. The molecule has 0 atom stereocenters. The highest BCUT2D eigenvalue weighted by molar-refractivity contribution is 7.89. The van der Waals surface area contributed by atoms with Gasteiger partial charge in [0.05, 0.1) is 17.9 Å². The van der Waals surface area contributed by atoms with E-state index >= 15 is 0 Å². The van der Waals surface area contributed by atoms with Crippen LogP contribution in [0, 0.1) is 6.92 Å². The van der Waals surface area contributed by atoms with Crippen molar-refractivity contribution in [3.8, 4) is 0 Å². The lowest BCUT2D eigenvalue weighted by molar-refractivity contribution is 0.580. The molecule has 2 rings (SSSR count). The zero-order valence-electron chi connectivity index (χ0n) is 12.1. The Labute approximate surface area is 125 Å². The van der Waals surface area contributed by atoms with E-state index in [4.69, 9.17) is 0 Å². The summed E-state index contributed by atoms with van der Waals surface area (Å²) in [4.78, 5) is 4.44. The lowest BCUT2D eigenvalue weighted by Gasteiger charge is -2.12. The molecule has 0 saturated heterocycles. The van der Waals surface area contributed by atoms with Crippen molar-refractivity contribution in [1.29, 1.82) is 0 Å². The molecule has 0 spiro atoms. The fourth-order valence-electron chi connectivity index (χ4n) is 1.98. The third kappa shape index (κ3) is 3.80. The minimum absolute atomic E-state index is 0.176. The maximum Gasteiger partial charge on any atom is 0.242 e. The van der Waals surface area contributed by atoms with Gasteiger partial charge in [0, 0.05) is 12.7 Å². The van der Waals surface area contributed by atoms with Crippen LogP contribution in [0.5, 0.6) is 0 Å². The number of hydrogen-bond acceptors (Lipinski definition) is 4. The normalized spacial score (nSPS) is 11.3. The zero-order chi connectivity index (χ0) is 15.3. The summed E-state index contributed by atoms with van der Waals surface area (Å²) in [6, 6.07) is 10.6. The molecule has 1 heterocycles. The molecule has 0 amide bonds. The third-order valence-electron chi connectivity index (χ3n) is 3.09. The summed E-state index contributed by atoms with van der Waals surface area (Å²) in [6.45, 7) is 4.67. The number of nitrogens with one attached hydrogen (secondary N) is 2. The number of pyridine rings is 1. The van der Waals surface area contributed by atoms with E-state index in [-0.39, 0.29) is 11.4 Å². The molecule has 0 unspecified atom stereocenters. The molecule has 21 heavy (non-hydrogen) atoms. The van der Waals surface area contributed by atoms with Gasteiger partial charge in [-0.1, -0.05) is 18.2 Å². The lowest BCUT2D eigenvalue weighted by Crippen LogP contribution is -2.25. The van der Waals surface area contributed by atoms with Crippen LogP contribution < -0.4 is 10.0 Å². The Kier molecular flexibility index (Phi) is 4.93. The van der Waals surface area contributed by atoms with Crippen LogP contribution in [-0.2, 0) is 16.6 Å². The van der Waals surface area contributed by atoms with Gasteiger partial charge in [0.15, 0.2) is 0 Å². The Morgan fingerprint density at radius 3 is 2.62 bits per heavy atom. The van der Waals surface area contributed by atoms with E-state index < -0.39 is 10.0 Å². The Morgan fingerprint density at radius 2 is 1.90 bits per heavy atom. The number of anilines is 1. The first-order chi connectivity index (χ1) is 10.0. The highest BCUT2D eigenvalue weighted by Gasteiger charge is 2.18. The van der Waals surface area contributed by atoms with Crippen molar-refractivity contribution in [1.82, 2.24) is 9.71 Å². The van der Waals surface area contributed by atoms with Crippen LogP contribution in [0.2, 0.25) is 0 Å². The standard InChI is InChI=1S/C15H19N3O2S/c1-3-16-13-8-4-5-9-15(13)21(19,20)18-11-14-12(2)7-6-10-17-14/h4-10,16,18H,3,11H2,1-2H3. The molecule has 0 bridgehead atoms. The fourth-order valence-corrected chi connectivity index (χ4v) is 3.15. The van der Waals surface area contributed by atoms with Crippen LogP contribution in [0.1, 0.15) is 18.2 Å². The molecule has 0 aliphatic heterocycles. The number of rotatable bonds is 6. The lowest BCUT2D eigenvalue weighted by atomic mass is 10.2. The molecule has 1 aromatic carbocycles. The van der Waals surface area contributed by atoms with Gasteiger partial charge in [0.2, 0.25) is 10.0 Å². The summed E-state index contributed by atoms with van der Waals surface area (Å²) in [7, 11) is -3.58. The first-order valence-corrected chi connectivity index (χ1v) is 8.26. The van der Waals surface area contributed by atoms with E-state index in [1.54, 1.807) is 30.5 Å². The average molecular weight is 305 g/mol. The minimum atomic E-state index is -3.58. The van der Waals surface area contributed by atoms with E-state index in [1.807, 2.05) is 26.0 Å². The molecule has 6 heteroatoms. The molecule has 2 N–H and O–H groups in total. The molecule has 0 aliphatic carbocycles. The van der Waals surface area contributed by atoms with Crippen molar-refractivity contribution in [3.63, 3.8) is 0 Å². The van der Waals surface area contributed by atoms with Crippen molar-refractivity contribution >= 4 is 15.7 Å². The Bertz CT molecular complexity index is 714. The second-order valence-corrected chi connectivity index (χ2v) is 6.35. The van der Waals surface area contributed by atoms with Crippen molar-refractivity contribution in [2.45, 2.75) is 25.3 Å². The first kappa shape index (κ1) is 15.5. The van der Waals surface area contributed by atoms with Crippen LogP contribution in [-0.4, -0.2) is 19.9 Å². The van der Waals surface area contributed by atoms with Gasteiger partial charge >= 0.3 is 0 Å². The van der Waals surface area contributed by atoms with Gasteiger partial charge in [-0.2, -0.15) is 0 Å². The van der Waals surface area contributed by atoms with E-state index in [2.05, 4.69) is 15.0 Å². The van der Waals surface area contributed by atoms with Crippen LogP contribution in [0.3, 0.4) is 0 Å². The van der Waals surface area contributed by atoms with E-state index in [9.17, 15) is 8.42 Å². The van der Waals surface area contributed by atoms with E-state index in [0.29, 0.717) is 12.2 Å². The molecule has 0 radical (unpaired) electrons. The van der Waals surface area contributed by atoms with Gasteiger partial charge in [0.25, 0.3) is 0 Å². The summed E-state index contributed by atoms with van der Waals surface area (Å²) in [5.74, 6) is 0. The number of nitrogens with zero attached hydrogens (tertiary/aromatic N) is 1. The zero-order valence-corrected chi connectivity index (χ0v) is 12.9. The Hall–Kier alpha value is -1.92. The highest BCUT2D eigenvalue weighted by Crippen LogP contribution is 2.20. The van der Waals surface area contributed by atoms with Gasteiger partial charge in [-0.3, -0.25) is 4.98 Å². The Balaban J connectivity index is 2.21. The molecule has 0 fully saturated rings. The van der Waals surface area contributed by atoms with Gasteiger partial charge in [-0.25, -0.2) is 13.1 Å². The average Bonchev–Trinajstić information content (AvgIpc) is 2.47. The number of benzene rings is 1. The smallest absolute Gasteiger partial charge is 0.242 e. The predicted octanol–water partition coefficient (Wildman–Crippen LogP) is 2.30. The molecule has 112 valence electrons. The first-order valence-electron chi connectivity index (χ1n) is 6.77. The highest BCUT2D eigenvalue weighted by atomic mass is 32.2. The molecule has 5 nitrogen and oxygen atoms in total. The fraction of sp³-hybridized carbons (Fsp3) is 0.267. The Morgan fingerprint density at radius 1 is 1.14 bits per heavy atom. The number of aromatic nitrogens is 1. The third-order valence-corrected chi connectivity index (χ3v) is 4.55. The number of hydrogen-bond donors (Lipinski definition) is 2. The molecular weight excluding hydrogens is 286 g/mol.